The second kappa shape index (κ2) is 3.40. The largest absolute Gasteiger partial charge is 0.351 e. The second-order valence-electron chi connectivity index (χ2n) is 3.06. The van der Waals surface area contributed by atoms with Crippen molar-refractivity contribution in [3.8, 4) is 0 Å². The van der Waals surface area contributed by atoms with Crippen molar-refractivity contribution in [2.24, 2.45) is 5.73 Å². The maximum atomic E-state index is 11.7. The molecule has 0 radical (unpaired) electrons. The summed E-state index contributed by atoms with van der Waals surface area (Å²) in [5.41, 5.74) is 4.58. The number of pyridine rings is 1. The van der Waals surface area contributed by atoms with Gasteiger partial charge in [0.05, 0.1) is 0 Å². The molecule has 76 valence electrons. The molecule has 0 aliphatic carbocycles. The topological polar surface area (TPSA) is 65.1 Å². The third-order valence-electron chi connectivity index (χ3n) is 2.11. The van der Waals surface area contributed by atoms with E-state index in [2.05, 4.69) is 0 Å². The fraction of sp³-hybridized carbons (Fsp3) is 0. The van der Waals surface area contributed by atoms with Crippen LogP contribution in [0.15, 0.2) is 35.3 Å². The number of nitrogens with two attached hydrogens (primary N) is 1. The standard InChI is InChI=1S/C10H7ClN2O2/c11-7-2-1-6-3-4-13(10(12)15)9(14)8(6)5-7/h1-5H,(H2,12,15). The number of primary amides is 1. The summed E-state index contributed by atoms with van der Waals surface area (Å²) >= 11 is 5.76. The first-order chi connectivity index (χ1) is 7.09. The van der Waals surface area contributed by atoms with Crippen LogP contribution in [0.4, 0.5) is 4.79 Å². The smallest absolute Gasteiger partial charge is 0.325 e. The van der Waals surface area contributed by atoms with Crippen molar-refractivity contribution in [1.29, 1.82) is 0 Å². The van der Waals surface area contributed by atoms with Crippen molar-refractivity contribution in [2.45, 2.75) is 0 Å². The lowest BCUT2D eigenvalue weighted by atomic mass is 10.2. The number of hydrogen-bond donors (Lipinski definition) is 1. The number of carbonyl (C=O) groups is 1. The normalized spacial score (nSPS) is 10.5. The number of nitrogens with zero attached hydrogens (tertiary/aromatic N) is 1. The van der Waals surface area contributed by atoms with Gasteiger partial charge in [-0.15, -0.1) is 0 Å². The first-order valence-corrected chi connectivity index (χ1v) is 4.58. The molecule has 2 aromatic rings. The van der Waals surface area contributed by atoms with E-state index in [0.717, 1.165) is 9.95 Å². The van der Waals surface area contributed by atoms with Crippen LogP contribution in [0.3, 0.4) is 0 Å². The molecule has 0 bridgehead atoms. The highest BCUT2D eigenvalue weighted by Gasteiger charge is 2.06. The zero-order chi connectivity index (χ0) is 11.0. The van der Waals surface area contributed by atoms with Gasteiger partial charge in [0, 0.05) is 16.6 Å². The van der Waals surface area contributed by atoms with E-state index in [4.69, 9.17) is 17.3 Å². The molecule has 0 unspecified atom stereocenters. The van der Waals surface area contributed by atoms with Crippen LogP contribution in [0.5, 0.6) is 0 Å². The molecule has 0 spiro atoms. The third-order valence-corrected chi connectivity index (χ3v) is 2.34. The molecular weight excluding hydrogens is 216 g/mol. The average Bonchev–Trinajstić information content (AvgIpc) is 2.19. The van der Waals surface area contributed by atoms with Crippen LogP contribution in [-0.2, 0) is 0 Å². The Bertz CT molecular complexity index is 604. The third kappa shape index (κ3) is 1.59. The number of carbonyl (C=O) groups excluding carboxylic acids is 1. The molecule has 5 heteroatoms. The quantitative estimate of drug-likeness (QED) is 0.736. The highest BCUT2D eigenvalue weighted by molar-refractivity contribution is 6.31. The maximum absolute atomic E-state index is 11.7. The minimum atomic E-state index is -0.804. The van der Waals surface area contributed by atoms with E-state index in [0.29, 0.717) is 10.4 Å². The molecule has 0 atom stereocenters. The summed E-state index contributed by atoms with van der Waals surface area (Å²) in [6.07, 6.45) is 1.35. The van der Waals surface area contributed by atoms with Gasteiger partial charge in [-0.2, -0.15) is 0 Å². The monoisotopic (exact) mass is 222 g/mol. The van der Waals surface area contributed by atoms with E-state index in [-0.39, 0.29) is 0 Å². The molecule has 0 aliphatic rings. The van der Waals surface area contributed by atoms with Crippen LogP contribution in [0.1, 0.15) is 0 Å². The van der Waals surface area contributed by atoms with Crippen LogP contribution in [0.25, 0.3) is 10.8 Å². The van der Waals surface area contributed by atoms with Gasteiger partial charge < -0.3 is 5.73 Å². The van der Waals surface area contributed by atoms with Gasteiger partial charge in [-0.25, -0.2) is 9.36 Å². The summed E-state index contributed by atoms with van der Waals surface area (Å²) in [4.78, 5) is 22.6. The Kier molecular flexibility index (Phi) is 2.21. The molecule has 15 heavy (non-hydrogen) atoms. The number of benzene rings is 1. The van der Waals surface area contributed by atoms with Gasteiger partial charge in [-0.1, -0.05) is 17.7 Å². The van der Waals surface area contributed by atoms with Crippen molar-refractivity contribution in [3.05, 3.63) is 45.8 Å². The fourth-order valence-electron chi connectivity index (χ4n) is 1.38. The number of hydrogen-bond acceptors (Lipinski definition) is 2. The Morgan fingerprint density at radius 3 is 2.73 bits per heavy atom. The van der Waals surface area contributed by atoms with Crippen molar-refractivity contribution < 1.29 is 4.79 Å². The lowest BCUT2D eigenvalue weighted by molar-refractivity contribution is 0.249. The number of fused-ring (bicyclic) bond motifs is 1. The van der Waals surface area contributed by atoms with E-state index in [1.165, 1.54) is 12.3 Å². The Hall–Kier alpha value is -1.81. The van der Waals surface area contributed by atoms with Gasteiger partial charge in [0.1, 0.15) is 0 Å². The SMILES string of the molecule is NC(=O)n1ccc2ccc(Cl)cc2c1=O. The minimum Gasteiger partial charge on any atom is -0.351 e. The van der Waals surface area contributed by atoms with E-state index >= 15 is 0 Å². The molecule has 0 saturated heterocycles. The van der Waals surface area contributed by atoms with Crippen LogP contribution in [0, 0.1) is 0 Å². The first kappa shape index (κ1) is 9.73. The fourth-order valence-corrected chi connectivity index (χ4v) is 1.56. The highest BCUT2D eigenvalue weighted by Crippen LogP contribution is 2.15. The Labute approximate surface area is 89.9 Å². The minimum absolute atomic E-state index is 0.379. The molecule has 0 saturated carbocycles. The Morgan fingerprint density at radius 1 is 1.33 bits per heavy atom. The first-order valence-electron chi connectivity index (χ1n) is 4.20. The summed E-state index contributed by atoms with van der Waals surface area (Å²) < 4.78 is 0.846. The van der Waals surface area contributed by atoms with Crippen molar-refractivity contribution in [3.63, 3.8) is 0 Å². The molecule has 1 heterocycles. The van der Waals surface area contributed by atoms with Gasteiger partial charge in [-0.05, 0) is 23.6 Å². The van der Waals surface area contributed by atoms with Crippen LogP contribution in [0.2, 0.25) is 5.02 Å². The van der Waals surface area contributed by atoms with E-state index in [9.17, 15) is 9.59 Å². The Balaban J connectivity index is 2.89. The zero-order valence-electron chi connectivity index (χ0n) is 7.61. The predicted molar refractivity (Wildman–Crippen MR) is 58.2 cm³/mol. The maximum Gasteiger partial charge on any atom is 0.325 e. The lowest BCUT2D eigenvalue weighted by Crippen LogP contribution is -2.30. The molecule has 2 rings (SSSR count). The summed E-state index contributed by atoms with van der Waals surface area (Å²) in [7, 11) is 0. The van der Waals surface area contributed by atoms with E-state index < -0.39 is 11.6 Å². The van der Waals surface area contributed by atoms with Crippen molar-refractivity contribution in [2.75, 3.05) is 0 Å². The number of rotatable bonds is 0. The number of halogens is 1. The molecule has 0 fully saturated rings. The summed E-state index contributed by atoms with van der Waals surface area (Å²) in [6.45, 7) is 0. The second-order valence-corrected chi connectivity index (χ2v) is 3.50. The van der Waals surface area contributed by atoms with Crippen molar-refractivity contribution in [1.82, 2.24) is 4.57 Å². The molecule has 4 nitrogen and oxygen atoms in total. The molecule has 2 N–H and O–H groups in total. The summed E-state index contributed by atoms with van der Waals surface area (Å²) in [6, 6.07) is 5.74. The average molecular weight is 223 g/mol. The summed E-state index contributed by atoms with van der Waals surface area (Å²) in [5, 5.41) is 1.55. The van der Waals surface area contributed by atoms with Crippen LogP contribution >= 0.6 is 11.6 Å². The molecule has 1 aromatic heterocycles. The molecule has 1 aromatic carbocycles. The van der Waals surface area contributed by atoms with Gasteiger partial charge in [-0.3, -0.25) is 4.79 Å². The van der Waals surface area contributed by atoms with Gasteiger partial charge in [0.25, 0.3) is 5.56 Å². The van der Waals surface area contributed by atoms with Crippen molar-refractivity contribution >= 4 is 28.4 Å². The van der Waals surface area contributed by atoms with Gasteiger partial charge in [0.2, 0.25) is 0 Å². The lowest BCUT2D eigenvalue weighted by Gasteiger charge is -2.02. The molecular formula is C10H7ClN2O2. The zero-order valence-corrected chi connectivity index (χ0v) is 8.36. The Morgan fingerprint density at radius 2 is 2.07 bits per heavy atom. The predicted octanol–water partition coefficient (Wildman–Crippen LogP) is 1.58. The molecule has 1 amide bonds. The highest BCUT2D eigenvalue weighted by atomic mass is 35.5. The van der Waals surface area contributed by atoms with Crippen LogP contribution < -0.4 is 11.3 Å². The van der Waals surface area contributed by atoms with Gasteiger partial charge in [0.15, 0.2) is 0 Å². The van der Waals surface area contributed by atoms with E-state index in [1.54, 1.807) is 18.2 Å². The number of aromatic nitrogens is 1. The number of amides is 1. The van der Waals surface area contributed by atoms with Gasteiger partial charge >= 0.3 is 6.03 Å². The summed E-state index contributed by atoms with van der Waals surface area (Å²) in [5.74, 6) is 0. The van der Waals surface area contributed by atoms with Crippen LogP contribution in [-0.4, -0.2) is 10.6 Å². The molecule has 0 aliphatic heterocycles. The van der Waals surface area contributed by atoms with E-state index in [1.807, 2.05) is 0 Å².